The summed E-state index contributed by atoms with van der Waals surface area (Å²) in [5.41, 5.74) is 4.56. The lowest BCUT2D eigenvalue weighted by Crippen LogP contribution is -2.17. The Bertz CT molecular complexity index is 989. The molecule has 1 atom stereocenters. The zero-order valence-corrected chi connectivity index (χ0v) is 16.4. The number of benzene rings is 3. The SMILES string of the molecule is CCNCCCC(Nc1c2ccccc2nc2ccccc12)c1ccccc1. The van der Waals surface area contributed by atoms with Gasteiger partial charge in [0.1, 0.15) is 0 Å². The van der Waals surface area contributed by atoms with Gasteiger partial charge >= 0.3 is 0 Å². The minimum atomic E-state index is 0.258. The maximum absolute atomic E-state index is 4.85. The van der Waals surface area contributed by atoms with Crippen LogP contribution in [-0.2, 0) is 0 Å². The summed E-state index contributed by atoms with van der Waals surface area (Å²) in [6.45, 7) is 4.21. The molecule has 1 aromatic heterocycles. The average Bonchev–Trinajstić information content (AvgIpc) is 2.76. The molecule has 0 aliphatic rings. The van der Waals surface area contributed by atoms with Gasteiger partial charge < -0.3 is 10.6 Å². The number of nitrogens with one attached hydrogen (secondary N) is 2. The lowest BCUT2D eigenvalue weighted by molar-refractivity contribution is 0.597. The van der Waals surface area contributed by atoms with E-state index in [-0.39, 0.29) is 6.04 Å². The van der Waals surface area contributed by atoms with Gasteiger partial charge in [-0.15, -0.1) is 0 Å². The van der Waals surface area contributed by atoms with Crippen LogP contribution in [0.3, 0.4) is 0 Å². The second kappa shape index (κ2) is 8.85. The third kappa shape index (κ3) is 4.00. The topological polar surface area (TPSA) is 37.0 Å². The Morgan fingerprint density at radius 2 is 1.39 bits per heavy atom. The van der Waals surface area contributed by atoms with Crippen LogP contribution in [-0.4, -0.2) is 18.1 Å². The van der Waals surface area contributed by atoms with Crippen molar-refractivity contribution >= 4 is 27.5 Å². The molecule has 0 aliphatic carbocycles. The summed E-state index contributed by atoms with van der Waals surface area (Å²) < 4.78 is 0. The first-order chi connectivity index (χ1) is 13.9. The highest BCUT2D eigenvalue weighted by molar-refractivity contribution is 6.07. The number of rotatable bonds is 8. The number of hydrogen-bond donors (Lipinski definition) is 2. The van der Waals surface area contributed by atoms with Crippen LogP contribution < -0.4 is 10.6 Å². The van der Waals surface area contributed by atoms with E-state index in [2.05, 4.69) is 96.4 Å². The molecular formula is C25H27N3. The first-order valence-electron chi connectivity index (χ1n) is 10.2. The van der Waals surface area contributed by atoms with E-state index in [1.165, 1.54) is 22.0 Å². The highest BCUT2D eigenvalue weighted by atomic mass is 14.9. The third-order valence-corrected chi connectivity index (χ3v) is 5.20. The van der Waals surface area contributed by atoms with Crippen molar-refractivity contribution < 1.29 is 0 Å². The summed E-state index contributed by atoms with van der Waals surface area (Å²) in [6.07, 6.45) is 2.20. The Morgan fingerprint density at radius 3 is 2.04 bits per heavy atom. The summed E-state index contributed by atoms with van der Waals surface area (Å²) in [5, 5.41) is 9.68. The summed E-state index contributed by atoms with van der Waals surface area (Å²) >= 11 is 0. The van der Waals surface area contributed by atoms with Gasteiger partial charge in [0.25, 0.3) is 0 Å². The van der Waals surface area contributed by atoms with E-state index in [0.717, 1.165) is 37.0 Å². The second-order valence-electron chi connectivity index (χ2n) is 7.12. The Balaban J connectivity index is 1.75. The monoisotopic (exact) mass is 369 g/mol. The first kappa shape index (κ1) is 18.5. The molecule has 0 radical (unpaired) electrons. The standard InChI is InChI=1S/C25H27N3/c1-2-26-18-10-17-22(19-11-4-3-5-12-19)28-25-20-13-6-8-15-23(20)27-24-16-9-7-14-21(24)25/h3-9,11-16,22,26H,2,10,17-18H2,1H3,(H,27,28). The van der Waals surface area contributed by atoms with Crippen LogP contribution in [0, 0.1) is 0 Å². The molecule has 0 amide bonds. The molecule has 4 rings (SSSR count). The molecule has 3 heteroatoms. The lowest BCUT2D eigenvalue weighted by Gasteiger charge is -2.23. The van der Waals surface area contributed by atoms with Crippen LogP contribution in [0.5, 0.6) is 0 Å². The van der Waals surface area contributed by atoms with Gasteiger partial charge in [-0.25, -0.2) is 4.98 Å². The smallest absolute Gasteiger partial charge is 0.0730 e. The molecule has 3 nitrogen and oxygen atoms in total. The van der Waals surface area contributed by atoms with E-state index in [1.807, 2.05) is 0 Å². The maximum Gasteiger partial charge on any atom is 0.0730 e. The maximum atomic E-state index is 4.85. The Labute approximate surface area is 166 Å². The number of para-hydroxylation sites is 2. The average molecular weight is 370 g/mol. The van der Waals surface area contributed by atoms with Crippen molar-refractivity contribution in [1.29, 1.82) is 0 Å². The number of hydrogen-bond acceptors (Lipinski definition) is 3. The van der Waals surface area contributed by atoms with Gasteiger partial charge in [-0.3, -0.25) is 0 Å². The predicted octanol–water partition coefficient (Wildman–Crippen LogP) is 5.93. The van der Waals surface area contributed by atoms with Crippen LogP contribution in [0.4, 0.5) is 5.69 Å². The molecule has 142 valence electrons. The highest BCUT2D eigenvalue weighted by Gasteiger charge is 2.15. The van der Waals surface area contributed by atoms with Crippen LogP contribution in [0.1, 0.15) is 31.4 Å². The quantitative estimate of drug-likeness (QED) is 0.298. The normalized spacial score (nSPS) is 12.3. The molecule has 0 saturated carbocycles. The van der Waals surface area contributed by atoms with Crippen molar-refractivity contribution in [2.75, 3.05) is 18.4 Å². The Hall–Kier alpha value is -2.91. The van der Waals surface area contributed by atoms with E-state index in [1.54, 1.807) is 0 Å². The molecule has 4 aromatic rings. The predicted molar refractivity (Wildman–Crippen MR) is 120 cm³/mol. The molecule has 0 aliphatic heterocycles. The number of pyridine rings is 1. The van der Waals surface area contributed by atoms with E-state index >= 15 is 0 Å². The Kier molecular flexibility index (Phi) is 5.83. The largest absolute Gasteiger partial charge is 0.377 e. The van der Waals surface area contributed by atoms with Crippen molar-refractivity contribution in [3.63, 3.8) is 0 Å². The third-order valence-electron chi connectivity index (χ3n) is 5.20. The van der Waals surface area contributed by atoms with E-state index < -0.39 is 0 Å². The first-order valence-corrected chi connectivity index (χ1v) is 10.2. The molecule has 2 N–H and O–H groups in total. The Morgan fingerprint density at radius 1 is 0.786 bits per heavy atom. The minimum absolute atomic E-state index is 0.258. The van der Waals surface area contributed by atoms with E-state index in [4.69, 9.17) is 4.98 Å². The van der Waals surface area contributed by atoms with Gasteiger partial charge in [0, 0.05) is 10.8 Å². The molecule has 0 fully saturated rings. The van der Waals surface area contributed by atoms with Crippen molar-refractivity contribution in [2.45, 2.75) is 25.8 Å². The van der Waals surface area contributed by atoms with Gasteiger partial charge in [0.05, 0.1) is 22.8 Å². The highest BCUT2D eigenvalue weighted by Crippen LogP contribution is 2.34. The molecule has 28 heavy (non-hydrogen) atoms. The van der Waals surface area contributed by atoms with Crippen molar-refractivity contribution in [3.05, 3.63) is 84.4 Å². The van der Waals surface area contributed by atoms with Gasteiger partial charge in [-0.1, -0.05) is 73.7 Å². The molecule has 1 heterocycles. The summed E-state index contributed by atoms with van der Waals surface area (Å²) in [4.78, 5) is 4.85. The fraction of sp³-hybridized carbons (Fsp3) is 0.240. The molecule has 0 saturated heterocycles. The van der Waals surface area contributed by atoms with E-state index in [0.29, 0.717) is 0 Å². The number of anilines is 1. The minimum Gasteiger partial charge on any atom is -0.377 e. The van der Waals surface area contributed by atoms with Crippen LogP contribution in [0.25, 0.3) is 21.8 Å². The molecule has 0 spiro atoms. The van der Waals surface area contributed by atoms with Gasteiger partial charge in [0.15, 0.2) is 0 Å². The fourth-order valence-corrected chi connectivity index (χ4v) is 3.79. The second-order valence-corrected chi connectivity index (χ2v) is 7.12. The fourth-order valence-electron chi connectivity index (χ4n) is 3.79. The van der Waals surface area contributed by atoms with Gasteiger partial charge in [-0.05, 0) is 43.6 Å². The van der Waals surface area contributed by atoms with Crippen LogP contribution in [0.2, 0.25) is 0 Å². The summed E-state index contributed by atoms with van der Waals surface area (Å²) in [5.74, 6) is 0. The van der Waals surface area contributed by atoms with Crippen molar-refractivity contribution in [3.8, 4) is 0 Å². The number of aromatic nitrogens is 1. The number of fused-ring (bicyclic) bond motifs is 2. The van der Waals surface area contributed by atoms with Gasteiger partial charge in [-0.2, -0.15) is 0 Å². The van der Waals surface area contributed by atoms with Crippen molar-refractivity contribution in [1.82, 2.24) is 10.3 Å². The van der Waals surface area contributed by atoms with Crippen molar-refractivity contribution in [2.24, 2.45) is 0 Å². The number of nitrogens with zero attached hydrogens (tertiary/aromatic N) is 1. The summed E-state index contributed by atoms with van der Waals surface area (Å²) in [7, 11) is 0. The molecule has 1 unspecified atom stereocenters. The summed E-state index contributed by atoms with van der Waals surface area (Å²) in [6, 6.07) is 27.8. The molecule has 0 bridgehead atoms. The zero-order chi connectivity index (χ0) is 19.2. The molecule has 3 aromatic carbocycles. The lowest BCUT2D eigenvalue weighted by atomic mass is 10.00. The van der Waals surface area contributed by atoms with Crippen LogP contribution >= 0.6 is 0 Å². The molecular weight excluding hydrogens is 342 g/mol. The van der Waals surface area contributed by atoms with Crippen LogP contribution in [0.15, 0.2) is 78.9 Å². The van der Waals surface area contributed by atoms with Gasteiger partial charge in [0.2, 0.25) is 0 Å². The van der Waals surface area contributed by atoms with E-state index in [9.17, 15) is 0 Å². The zero-order valence-electron chi connectivity index (χ0n) is 16.4.